The molecule has 0 saturated carbocycles. The highest BCUT2D eigenvalue weighted by molar-refractivity contribution is 5.70. The summed E-state index contributed by atoms with van der Waals surface area (Å²) >= 11 is 0. The van der Waals surface area contributed by atoms with Crippen molar-refractivity contribution in [2.45, 2.75) is 19.4 Å². The zero-order chi connectivity index (χ0) is 11.4. The van der Waals surface area contributed by atoms with Crippen LogP contribution in [0.3, 0.4) is 0 Å². The lowest BCUT2D eigenvalue weighted by Gasteiger charge is -2.10. The Labute approximate surface area is 87.5 Å². The van der Waals surface area contributed by atoms with Gasteiger partial charge in [-0.05, 0) is 30.2 Å². The Balaban J connectivity index is 2.81. The molecular weight excluding hydrogens is 199 g/mol. The number of hydrogen-bond donors (Lipinski definition) is 1. The summed E-state index contributed by atoms with van der Waals surface area (Å²) in [6.07, 6.45) is -1.19. The number of rotatable bonds is 3. The van der Waals surface area contributed by atoms with Gasteiger partial charge in [-0.3, -0.25) is 4.79 Å². The number of methoxy groups -OCH3 is 1. The molecule has 1 aromatic rings. The molecular formula is C11H13FO3. The average Bonchev–Trinajstić information content (AvgIpc) is 2.16. The molecule has 0 radical (unpaired) electrons. The summed E-state index contributed by atoms with van der Waals surface area (Å²) < 4.78 is 17.4. The van der Waals surface area contributed by atoms with E-state index in [0.717, 1.165) is 0 Å². The third-order valence-electron chi connectivity index (χ3n) is 2.04. The summed E-state index contributed by atoms with van der Waals surface area (Å²) in [7, 11) is 1.24. The molecule has 0 bridgehead atoms. The maximum Gasteiger partial charge on any atom is 0.308 e. The van der Waals surface area contributed by atoms with Crippen molar-refractivity contribution in [2.24, 2.45) is 0 Å². The molecule has 0 saturated heterocycles. The Morgan fingerprint density at radius 3 is 2.73 bits per heavy atom. The van der Waals surface area contributed by atoms with Gasteiger partial charge < -0.3 is 9.84 Å². The van der Waals surface area contributed by atoms with E-state index in [1.165, 1.54) is 19.2 Å². The van der Waals surface area contributed by atoms with Crippen molar-refractivity contribution >= 4 is 5.97 Å². The quantitative estimate of drug-likeness (QED) is 0.776. The molecule has 0 aliphatic carbocycles. The van der Waals surface area contributed by atoms with E-state index in [-0.39, 0.29) is 6.42 Å². The lowest BCUT2D eigenvalue weighted by Crippen LogP contribution is -2.08. The van der Waals surface area contributed by atoms with E-state index < -0.39 is 17.9 Å². The minimum Gasteiger partial charge on any atom is -0.469 e. The summed E-state index contributed by atoms with van der Waals surface area (Å²) in [6, 6.07) is 4.20. The zero-order valence-corrected chi connectivity index (χ0v) is 8.66. The molecule has 0 aromatic heterocycles. The molecule has 0 amide bonds. The van der Waals surface area contributed by atoms with Gasteiger partial charge in [0, 0.05) is 0 Å². The molecule has 1 N–H and O–H groups in total. The minimum absolute atomic E-state index is 0.167. The van der Waals surface area contributed by atoms with Gasteiger partial charge in [0.2, 0.25) is 0 Å². The highest BCUT2D eigenvalue weighted by atomic mass is 19.1. The molecule has 1 aromatic carbocycles. The van der Waals surface area contributed by atoms with Crippen LogP contribution in [0.5, 0.6) is 0 Å². The smallest absolute Gasteiger partial charge is 0.308 e. The van der Waals surface area contributed by atoms with Crippen molar-refractivity contribution in [3.05, 3.63) is 35.1 Å². The Bertz CT molecular complexity index is 343. The van der Waals surface area contributed by atoms with Gasteiger partial charge in [-0.2, -0.15) is 0 Å². The monoisotopic (exact) mass is 212 g/mol. The lowest BCUT2D eigenvalue weighted by molar-refractivity contribution is -0.142. The molecule has 3 nitrogen and oxygen atoms in total. The third kappa shape index (κ3) is 3.32. The van der Waals surface area contributed by atoms with E-state index >= 15 is 0 Å². The van der Waals surface area contributed by atoms with Gasteiger partial charge in [0.25, 0.3) is 0 Å². The fourth-order valence-corrected chi connectivity index (χ4v) is 1.32. The van der Waals surface area contributed by atoms with Crippen LogP contribution in [0.1, 0.15) is 23.7 Å². The first-order valence-corrected chi connectivity index (χ1v) is 4.55. The van der Waals surface area contributed by atoms with E-state index in [9.17, 15) is 14.3 Å². The van der Waals surface area contributed by atoms with Gasteiger partial charge in [-0.25, -0.2) is 4.39 Å². The largest absolute Gasteiger partial charge is 0.469 e. The Morgan fingerprint density at radius 2 is 2.20 bits per heavy atom. The first-order valence-electron chi connectivity index (χ1n) is 4.55. The number of carbonyl (C=O) groups is 1. The summed E-state index contributed by atoms with van der Waals surface area (Å²) in [5, 5.41) is 9.60. The topological polar surface area (TPSA) is 46.5 Å². The van der Waals surface area contributed by atoms with Crippen LogP contribution in [-0.4, -0.2) is 18.2 Å². The van der Waals surface area contributed by atoms with E-state index in [1.807, 2.05) is 0 Å². The van der Waals surface area contributed by atoms with Crippen molar-refractivity contribution in [2.75, 3.05) is 7.11 Å². The highest BCUT2D eigenvalue weighted by Crippen LogP contribution is 2.19. The predicted molar refractivity (Wildman–Crippen MR) is 52.7 cm³/mol. The molecule has 1 atom stereocenters. The molecule has 0 unspecified atom stereocenters. The van der Waals surface area contributed by atoms with E-state index in [2.05, 4.69) is 4.74 Å². The van der Waals surface area contributed by atoms with Crippen LogP contribution in [0.15, 0.2) is 18.2 Å². The van der Waals surface area contributed by atoms with Crippen LogP contribution in [0.4, 0.5) is 4.39 Å². The number of ether oxygens (including phenoxy) is 1. The predicted octanol–water partition coefficient (Wildman–Crippen LogP) is 1.73. The highest BCUT2D eigenvalue weighted by Gasteiger charge is 2.14. The SMILES string of the molecule is COC(=O)C[C@H](O)c1cc(C)cc(F)c1. The Hall–Kier alpha value is -1.42. The summed E-state index contributed by atoms with van der Waals surface area (Å²) in [5.74, 6) is -0.946. The molecule has 1 rings (SSSR count). The zero-order valence-electron chi connectivity index (χ0n) is 8.66. The Kier molecular flexibility index (Phi) is 3.80. The number of halogens is 1. The number of aliphatic hydroxyl groups excluding tert-OH is 1. The Morgan fingerprint density at radius 1 is 1.53 bits per heavy atom. The van der Waals surface area contributed by atoms with Crippen molar-refractivity contribution in [3.8, 4) is 0 Å². The first-order chi connectivity index (χ1) is 7.02. The maximum absolute atomic E-state index is 13.0. The van der Waals surface area contributed by atoms with E-state index in [0.29, 0.717) is 11.1 Å². The first kappa shape index (κ1) is 11.7. The molecule has 15 heavy (non-hydrogen) atoms. The summed E-state index contributed by atoms with van der Waals surface area (Å²) in [6.45, 7) is 1.72. The second-order valence-corrected chi connectivity index (χ2v) is 3.36. The number of benzene rings is 1. The minimum atomic E-state index is -1.02. The van der Waals surface area contributed by atoms with Gasteiger partial charge >= 0.3 is 5.97 Å². The fourth-order valence-electron chi connectivity index (χ4n) is 1.32. The molecule has 0 fully saturated rings. The van der Waals surface area contributed by atoms with Gasteiger partial charge in [-0.1, -0.05) is 6.07 Å². The number of aryl methyl sites for hydroxylation is 1. The van der Waals surface area contributed by atoms with Gasteiger partial charge in [-0.15, -0.1) is 0 Å². The maximum atomic E-state index is 13.0. The standard InChI is InChI=1S/C11H13FO3/c1-7-3-8(5-9(12)4-7)10(13)6-11(14)15-2/h3-5,10,13H,6H2,1-2H3/t10-/m0/s1. The number of hydrogen-bond acceptors (Lipinski definition) is 3. The van der Waals surface area contributed by atoms with Crippen LogP contribution < -0.4 is 0 Å². The molecule has 82 valence electrons. The van der Waals surface area contributed by atoms with E-state index in [1.54, 1.807) is 13.0 Å². The van der Waals surface area contributed by atoms with Gasteiger partial charge in [0.1, 0.15) is 5.82 Å². The number of esters is 1. The van der Waals surface area contributed by atoms with Gasteiger partial charge in [0.05, 0.1) is 19.6 Å². The van der Waals surface area contributed by atoms with Crippen LogP contribution >= 0.6 is 0 Å². The number of aliphatic hydroxyl groups is 1. The van der Waals surface area contributed by atoms with Crippen LogP contribution in [0.25, 0.3) is 0 Å². The van der Waals surface area contributed by atoms with E-state index in [4.69, 9.17) is 0 Å². The summed E-state index contributed by atoms with van der Waals surface area (Å²) in [4.78, 5) is 10.9. The van der Waals surface area contributed by atoms with Crippen molar-refractivity contribution in [1.82, 2.24) is 0 Å². The molecule has 0 heterocycles. The van der Waals surface area contributed by atoms with Crippen molar-refractivity contribution in [3.63, 3.8) is 0 Å². The molecule has 0 spiro atoms. The van der Waals surface area contributed by atoms with Crippen molar-refractivity contribution in [1.29, 1.82) is 0 Å². The molecule has 0 aliphatic rings. The van der Waals surface area contributed by atoms with Crippen LogP contribution in [0.2, 0.25) is 0 Å². The number of carbonyl (C=O) groups excluding carboxylic acids is 1. The second-order valence-electron chi connectivity index (χ2n) is 3.36. The summed E-state index contributed by atoms with van der Waals surface area (Å²) in [5.41, 5.74) is 1.09. The van der Waals surface area contributed by atoms with Gasteiger partial charge in [0.15, 0.2) is 0 Å². The third-order valence-corrected chi connectivity index (χ3v) is 2.04. The molecule has 0 aliphatic heterocycles. The average molecular weight is 212 g/mol. The van der Waals surface area contributed by atoms with Crippen molar-refractivity contribution < 1.29 is 19.0 Å². The van der Waals surface area contributed by atoms with Crippen LogP contribution in [0, 0.1) is 12.7 Å². The second kappa shape index (κ2) is 4.89. The van der Waals surface area contributed by atoms with Crippen LogP contribution in [-0.2, 0) is 9.53 Å². The normalized spacial score (nSPS) is 12.3. The lowest BCUT2D eigenvalue weighted by atomic mass is 10.0. The fraction of sp³-hybridized carbons (Fsp3) is 0.364. The molecule has 4 heteroatoms.